The Labute approximate surface area is 216 Å². The van der Waals surface area contributed by atoms with Gasteiger partial charge in [0.1, 0.15) is 29.0 Å². The molecule has 4 rings (SSSR count). The fourth-order valence-corrected chi connectivity index (χ4v) is 4.18. The van der Waals surface area contributed by atoms with E-state index in [1.165, 1.54) is 12.1 Å². The van der Waals surface area contributed by atoms with Gasteiger partial charge in [-0.05, 0) is 34.9 Å². The van der Waals surface area contributed by atoms with Gasteiger partial charge in [-0.2, -0.15) is 13.2 Å². The van der Waals surface area contributed by atoms with E-state index in [0.29, 0.717) is 0 Å². The van der Waals surface area contributed by atoms with Crippen LogP contribution in [0.1, 0.15) is 37.2 Å². The minimum absolute atomic E-state index is 0.0220. The average Bonchev–Trinajstić information content (AvgIpc) is 3.25. The summed E-state index contributed by atoms with van der Waals surface area (Å²) in [5.41, 5.74) is 1.12. The first-order valence-electron chi connectivity index (χ1n) is 11.4. The summed E-state index contributed by atoms with van der Waals surface area (Å²) in [4.78, 5) is 18.3. The van der Waals surface area contributed by atoms with Crippen LogP contribution in [0.3, 0.4) is 0 Å². The molecule has 2 N–H and O–H groups in total. The van der Waals surface area contributed by atoms with E-state index >= 15 is 0 Å². The molecule has 0 aliphatic heterocycles. The van der Waals surface area contributed by atoms with Crippen LogP contribution in [0.2, 0.25) is 5.15 Å². The lowest BCUT2D eigenvalue weighted by Gasteiger charge is -2.19. The van der Waals surface area contributed by atoms with Crippen molar-refractivity contribution in [3.05, 3.63) is 94.9 Å². The second-order valence-electron chi connectivity index (χ2n) is 9.26. The Kier molecular flexibility index (Phi) is 7.32. The summed E-state index contributed by atoms with van der Waals surface area (Å²) in [5, 5.41) is 9.17. The van der Waals surface area contributed by atoms with Crippen LogP contribution in [-0.2, 0) is 23.0 Å². The zero-order valence-corrected chi connectivity index (χ0v) is 20.8. The van der Waals surface area contributed by atoms with Crippen molar-refractivity contribution in [1.82, 2.24) is 9.97 Å². The van der Waals surface area contributed by atoms with Crippen molar-refractivity contribution in [1.29, 1.82) is 0 Å². The van der Waals surface area contributed by atoms with Crippen molar-refractivity contribution in [3.8, 4) is 28.1 Å². The summed E-state index contributed by atoms with van der Waals surface area (Å²) in [6.07, 6.45) is -4.92. The standard InChI is InChI=1S/C28H24ClF3N2O3/c1-27(2,15-23(35)36)26-33-24(25(29)34-26)20-12-13-22(21(14-20)28(30,31)32)37-16-17-8-10-19(11-9-17)18-6-4-3-5-7-18/h3-14H,15-16H2,1-2H3,(H,33,34)(H,35,36). The van der Waals surface area contributed by atoms with E-state index in [4.69, 9.17) is 21.4 Å². The highest BCUT2D eigenvalue weighted by molar-refractivity contribution is 6.31. The molecule has 0 unspecified atom stereocenters. The number of halogens is 4. The number of rotatable bonds is 8. The van der Waals surface area contributed by atoms with Crippen LogP contribution in [0, 0.1) is 0 Å². The lowest BCUT2D eigenvalue weighted by molar-refractivity contribution is -0.139. The first-order chi connectivity index (χ1) is 17.4. The fraction of sp³-hybridized carbons (Fsp3) is 0.214. The number of H-pyrrole nitrogens is 1. The highest BCUT2D eigenvalue weighted by Crippen LogP contribution is 2.40. The molecule has 0 aliphatic rings. The molecule has 4 aromatic rings. The minimum Gasteiger partial charge on any atom is -0.488 e. The second-order valence-corrected chi connectivity index (χ2v) is 9.64. The van der Waals surface area contributed by atoms with E-state index in [9.17, 15) is 18.0 Å². The van der Waals surface area contributed by atoms with Gasteiger partial charge in [0.15, 0.2) is 0 Å². The van der Waals surface area contributed by atoms with Crippen molar-refractivity contribution >= 4 is 17.6 Å². The molecule has 0 saturated carbocycles. The summed E-state index contributed by atoms with van der Waals surface area (Å²) in [7, 11) is 0. The average molecular weight is 529 g/mol. The molecule has 1 aromatic heterocycles. The van der Waals surface area contributed by atoms with Gasteiger partial charge in [0.05, 0.1) is 12.0 Å². The summed E-state index contributed by atoms with van der Waals surface area (Å²) >= 11 is 6.25. The van der Waals surface area contributed by atoms with Crippen LogP contribution in [0.5, 0.6) is 5.75 Å². The van der Waals surface area contributed by atoms with Gasteiger partial charge in [-0.25, -0.2) is 4.98 Å². The Morgan fingerprint density at radius 1 is 0.973 bits per heavy atom. The number of hydrogen-bond acceptors (Lipinski definition) is 3. The lowest BCUT2D eigenvalue weighted by atomic mass is 9.88. The number of nitrogens with zero attached hydrogens (tertiary/aromatic N) is 1. The summed E-state index contributed by atoms with van der Waals surface area (Å²) in [6.45, 7) is 3.27. The third-order valence-electron chi connectivity index (χ3n) is 5.91. The highest BCUT2D eigenvalue weighted by Gasteiger charge is 2.36. The van der Waals surface area contributed by atoms with Crippen molar-refractivity contribution in [3.63, 3.8) is 0 Å². The van der Waals surface area contributed by atoms with E-state index in [2.05, 4.69) is 9.97 Å². The number of carbonyl (C=O) groups is 1. The number of nitrogens with one attached hydrogen (secondary N) is 1. The Morgan fingerprint density at radius 2 is 1.59 bits per heavy atom. The highest BCUT2D eigenvalue weighted by atomic mass is 35.5. The number of aromatic amines is 1. The fourth-order valence-electron chi connectivity index (χ4n) is 3.94. The third kappa shape index (κ3) is 6.14. The van der Waals surface area contributed by atoms with E-state index in [0.717, 1.165) is 22.8 Å². The maximum atomic E-state index is 13.9. The topological polar surface area (TPSA) is 75.2 Å². The van der Waals surface area contributed by atoms with Crippen LogP contribution in [-0.4, -0.2) is 21.0 Å². The number of imidazole rings is 1. The SMILES string of the molecule is CC(C)(CC(=O)O)c1nc(-c2ccc(OCc3ccc(-c4ccccc4)cc3)c(C(F)(F)F)c2)c(Cl)[nH]1. The van der Waals surface area contributed by atoms with Gasteiger partial charge in [-0.1, -0.05) is 80.0 Å². The van der Waals surface area contributed by atoms with Gasteiger partial charge in [-0.15, -0.1) is 0 Å². The molecule has 192 valence electrons. The normalized spacial score (nSPS) is 11.9. The molecule has 1 heterocycles. The van der Waals surface area contributed by atoms with Crippen LogP contribution >= 0.6 is 11.6 Å². The molecule has 0 amide bonds. The van der Waals surface area contributed by atoms with Crippen LogP contribution in [0.25, 0.3) is 22.4 Å². The first-order valence-corrected chi connectivity index (χ1v) is 11.8. The molecule has 0 fully saturated rings. The molecular weight excluding hydrogens is 505 g/mol. The van der Waals surface area contributed by atoms with Crippen LogP contribution < -0.4 is 4.74 Å². The lowest BCUT2D eigenvalue weighted by Crippen LogP contribution is -2.23. The first kappa shape index (κ1) is 26.3. The number of aromatic nitrogens is 2. The van der Waals surface area contributed by atoms with Gasteiger partial charge in [0, 0.05) is 11.0 Å². The molecule has 3 aromatic carbocycles. The monoisotopic (exact) mass is 528 g/mol. The van der Waals surface area contributed by atoms with Crippen molar-refractivity contribution < 1.29 is 27.8 Å². The molecule has 0 spiro atoms. The quantitative estimate of drug-likeness (QED) is 0.245. The second kappa shape index (κ2) is 10.3. The molecule has 9 heteroatoms. The Hall–Kier alpha value is -3.78. The minimum atomic E-state index is -4.68. The number of hydrogen-bond donors (Lipinski definition) is 2. The molecule has 0 atom stereocenters. The van der Waals surface area contributed by atoms with Crippen molar-refractivity contribution in [2.45, 2.75) is 38.5 Å². The number of aliphatic carboxylic acids is 1. The Bertz CT molecular complexity index is 1400. The maximum Gasteiger partial charge on any atom is 0.419 e. The Morgan fingerprint density at radius 3 is 2.22 bits per heavy atom. The molecule has 0 bridgehead atoms. The van der Waals surface area contributed by atoms with Crippen molar-refractivity contribution in [2.24, 2.45) is 0 Å². The number of benzene rings is 3. The maximum absolute atomic E-state index is 13.9. The van der Waals surface area contributed by atoms with Gasteiger partial charge in [0.25, 0.3) is 0 Å². The largest absolute Gasteiger partial charge is 0.488 e. The Balaban J connectivity index is 1.57. The predicted molar refractivity (Wildman–Crippen MR) is 136 cm³/mol. The summed E-state index contributed by atoms with van der Waals surface area (Å²) in [6, 6.07) is 20.8. The van der Waals surface area contributed by atoms with E-state index < -0.39 is 23.1 Å². The van der Waals surface area contributed by atoms with Gasteiger partial charge >= 0.3 is 12.1 Å². The third-order valence-corrected chi connectivity index (χ3v) is 6.18. The zero-order valence-electron chi connectivity index (χ0n) is 20.1. The molecule has 5 nitrogen and oxygen atoms in total. The number of alkyl halides is 3. The van der Waals surface area contributed by atoms with E-state index in [1.54, 1.807) is 13.8 Å². The molecular formula is C28H24ClF3N2O3. The van der Waals surface area contributed by atoms with E-state index in [-0.39, 0.29) is 41.0 Å². The molecule has 0 saturated heterocycles. The molecule has 0 aliphatic carbocycles. The molecule has 37 heavy (non-hydrogen) atoms. The van der Waals surface area contributed by atoms with Crippen LogP contribution in [0.15, 0.2) is 72.8 Å². The smallest absolute Gasteiger partial charge is 0.419 e. The van der Waals surface area contributed by atoms with Gasteiger partial charge in [0.2, 0.25) is 0 Å². The van der Waals surface area contributed by atoms with Crippen LogP contribution in [0.4, 0.5) is 13.2 Å². The number of ether oxygens (including phenoxy) is 1. The van der Waals surface area contributed by atoms with E-state index in [1.807, 2.05) is 54.6 Å². The molecule has 0 radical (unpaired) electrons. The predicted octanol–water partition coefficient (Wildman–Crippen LogP) is 7.75. The van der Waals surface area contributed by atoms with Gasteiger partial charge in [-0.3, -0.25) is 4.79 Å². The number of carboxylic acids is 1. The van der Waals surface area contributed by atoms with Gasteiger partial charge < -0.3 is 14.8 Å². The zero-order chi connectivity index (χ0) is 26.8. The number of carboxylic acid groups (broad SMARTS) is 1. The summed E-state index contributed by atoms with van der Waals surface area (Å²) in [5.74, 6) is -1.08. The summed E-state index contributed by atoms with van der Waals surface area (Å²) < 4.78 is 47.4. The van der Waals surface area contributed by atoms with Crippen molar-refractivity contribution in [2.75, 3.05) is 0 Å².